The van der Waals surface area contributed by atoms with Crippen molar-refractivity contribution in [1.82, 2.24) is 14.9 Å². The number of rotatable bonds is 11. The molecule has 6 rings (SSSR count). The van der Waals surface area contributed by atoms with Crippen molar-refractivity contribution >= 4 is 24.6 Å². The Morgan fingerprint density at radius 1 is 0.979 bits per heavy atom. The molecule has 5 aromatic rings. The van der Waals surface area contributed by atoms with E-state index >= 15 is 0 Å². The minimum absolute atomic E-state index is 0.0130. The van der Waals surface area contributed by atoms with Crippen LogP contribution in [0.25, 0.3) is 0 Å². The summed E-state index contributed by atoms with van der Waals surface area (Å²) in [4.78, 5) is 17.7. The van der Waals surface area contributed by atoms with Crippen LogP contribution in [0, 0.1) is 17.1 Å². The van der Waals surface area contributed by atoms with E-state index in [9.17, 15) is 9.18 Å². The number of nitrogens with zero attached hydrogens (tertiary/aromatic N) is 3. The summed E-state index contributed by atoms with van der Waals surface area (Å²) in [5.74, 6) is 0.960. The summed E-state index contributed by atoms with van der Waals surface area (Å²) in [5, 5.41) is 14.5. The highest BCUT2D eigenvalue weighted by Crippen LogP contribution is 2.38. The number of hydrogen-bond donors (Lipinski definition) is 1. The number of carbonyl (C=O) groups excluding carboxylic acids is 1. The molecule has 1 atom stereocenters. The lowest BCUT2D eigenvalue weighted by atomic mass is 10.0. The topological polar surface area (TPSA) is 79.9 Å². The Hall–Kier alpha value is -5.00. The zero-order chi connectivity index (χ0) is 33.7. The summed E-state index contributed by atoms with van der Waals surface area (Å²) in [6.45, 7) is 7.38. The van der Waals surface area contributed by atoms with Crippen LogP contribution in [0.15, 0.2) is 109 Å². The van der Waals surface area contributed by atoms with E-state index in [-0.39, 0.29) is 22.6 Å². The summed E-state index contributed by atoms with van der Waals surface area (Å²) in [7, 11) is -2.72. The van der Waals surface area contributed by atoms with E-state index in [1.165, 1.54) is 28.1 Å². The average molecular weight is 657 g/mol. The molecule has 8 heteroatoms. The minimum atomic E-state index is -2.72. The minimum Gasteiger partial charge on any atom is -0.534 e. The molecule has 1 aliphatic rings. The highest BCUT2D eigenvalue weighted by Gasteiger charge is 2.52. The molecule has 1 aliphatic heterocycles. The summed E-state index contributed by atoms with van der Waals surface area (Å²) in [6, 6.07) is 36.1. The molecule has 1 unspecified atom stereocenters. The first-order valence-corrected chi connectivity index (χ1v) is 18.5. The molecule has 0 saturated heterocycles. The molecule has 4 aromatic carbocycles. The standard InChI is InChI=1S/C40H41FN4O2Si/c1-40(2,3)48(33-16-6-4-7-17-33,34-18-8-5-9-19-34)47-32-15-12-14-29(25-32)13-10-11-24-43-39(46)37-28-44-38-23-22-36(45(37)38)30-20-21-31(27-42)35(41)26-30/h4-9,12,14-21,25-26,28,36H,10-11,13,22-24H2,1-3H3,(H,43,46). The van der Waals surface area contributed by atoms with Gasteiger partial charge in [0.15, 0.2) is 0 Å². The van der Waals surface area contributed by atoms with Gasteiger partial charge in [0.2, 0.25) is 0 Å². The van der Waals surface area contributed by atoms with Gasteiger partial charge >= 0.3 is 8.32 Å². The van der Waals surface area contributed by atoms with E-state index in [4.69, 9.17) is 9.69 Å². The fourth-order valence-electron chi connectivity index (χ4n) is 6.98. The van der Waals surface area contributed by atoms with E-state index in [1.54, 1.807) is 12.3 Å². The maximum atomic E-state index is 14.4. The number of aryl methyl sites for hydroxylation is 2. The first kappa shape index (κ1) is 32.9. The second-order valence-electron chi connectivity index (χ2n) is 13.5. The molecule has 1 N–H and O–H groups in total. The summed E-state index contributed by atoms with van der Waals surface area (Å²) < 4.78 is 23.5. The monoisotopic (exact) mass is 656 g/mol. The van der Waals surface area contributed by atoms with Crippen molar-refractivity contribution in [1.29, 1.82) is 5.26 Å². The lowest BCUT2D eigenvalue weighted by Crippen LogP contribution is -2.68. The normalized spacial score (nSPS) is 14.3. The Morgan fingerprint density at radius 3 is 2.33 bits per heavy atom. The van der Waals surface area contributed by atoms with Crippen LogP contribution in [-0.4, -0.2) is 30.3 Å². The zero-order valence-corrected chi connectivity index (χ0v) is 28.7. The molecular formula is C40H41FN4O2Si. The fourth-order valence-corrected chi connectivity index (χ4v) is 11.4. The molecular weight excluding hydrogens is 616 g/mol. The number of nitriles is 1. The van der Waals surface area contributed by atoms with Crippen molar-refractivity contribution in [2.45, 2.75) is 64.0 Å². The lowest BCUT2D eigenvalue weighted by molar-refractivity contribution is 0.0943. The maximum absolute atomic E-state index is 14.4. The molecule has 0 aliphatic carbocycles. The quantitative estimate of drug-likeness (QED) is 0.121. The molecule has 2 heterocycles. The fraction of sp³-hybridized carbons (Fsp3) is 0.275. The molecule has 0 spiro atoms. The summed E-state index contributed by atoms with van der Waals surface area (Å²) in [6.07, 6.45) is 5.62. The predicted molar refractivity (Wildman–Crippen MR) is 190 cm³/mol. The van der Waals surface area contributed by atoms with Crippen LogP contribution in [0.1, 0.15) is 79.1 Å². The average Bonchev–Trinajstić information content (AvgIpc) is 3.70. The highest BCUT2D eigenvalue weighted by atomic mass is 28.4. The number of unbranched alkanes of at least 4 members (excludes halogenated alkanes) is 1. The predicted octanol–water partition coefficient (Wildman–Crippen LogP) is 7.12. The molecule has 48 heavy (non-hydrogen) atoms. The third-order valence-electron chi connectivity index (χ3n) is 9.32. The Labute approximate surface area is 283 Å². The first-order valence-electron chi connectivity index (χ1n) is 16.6. The lowest BCUT2D eigenvalue weighted by Gasteiger charge is -2.43. The van der Waals surface area contributed by atoms with Gasteiger partial charge in [-0.15, -0.1) is 0 Å². The number of nitrogens with one attached hydrogen (secondary N) is 1. The number of fused-ring (bicyclic) bond motifs is 1. The van der Waals surface area contributed by atoms with Crippen LogP contribution in [-0.2, 0) is 12.8 Å². The van der Waals surface area contributed by atoms with E-state index in [2.05, 4.69) is 116 Å². The van der Waals surface area contributed by atoms with E-state index in [0.717, 1.165) is 42.8 Å². The molecule has 0 bridgehead atoms. The van der Waals surface area contributed by atoms with E-state index in [1.807, 2.05) is 10.6 Å². The molecule has 244 valence electrons. The third kappa shape index (κ3) is 6.56. The van der Waals surface area contributed by atoms with Gasteiger partial charge in [-0.1, -0.05) is 99.6 Å². The van der Waals surface area contributed by atoms with Crippen LogP contribution in [0.3, 0.4) is 0 Å². The molecule has 0 radical (unpaired) electrons. The molecule has 6 nitrogen and oxygen atoms in total. The number of halogens is 1. The largest absolute Gasteiger partial charge is 0.534 e. The number of hydrogen-bond acceptors (Lipinski definition) is 4. The van der Waals surface area contributed by atoms with Crippen LogP contribution in [0.4, 0.5) is 4.39 Å². The summed E-state index contributed by atoms with van der Waals surface area (Å²) in [5.41, 5.74) is 2.42. The Morgan fingerprint density at radius 2 is 1.69 bits per heavy atom. The van der Waals surface area contributed by atoms with Crippen molar-refractivity contribution in [3.8, 4) is 11.8 Å². The van der Waals surface area contributed by atoms with Gasteiger partial charge < -0.3 is 14.3 Å². The van der Waals surface area contributed by atoms with Crippen LogP contribution in [0.5, 0.6) is 5.75 Å². The smallest absolute Gasteiger partial charge is 0.319 e. The Bertz CT molecular complexity index is 1890. The number of benzene rings is 4. The first-order chi connectivity index (χ1) is 23.2. The van der Waals surface area contributed by atoms with Crippen molar-refractivity contribution in [3.63, 3.8) is 0 Å². The van der Waals surface area contributed by atoms with Gasteiger partial charge in [0, 0.05) is 13.0 Å². The summed E-state index contributed by atoms with van der Waals surface area (Å²) >= 11 is 0. The van der Waals surface area contributed by atoms with Gasteiger partial charge in [-0.25, -0.2) is 9.37 Å². The maximum Gasteiger partial charge on any atom is 0.319 e. The van der Waals surface area contributed by atoms with Gasteiger partial charge in [0.1, 0.15) is 29.2 Å². The highest BCUT2D eigenvalue weighted by molar-refractivity contribution is 7.00. The van der Waals surface area contributed by atoms with Crippen molar-refractivity contribution in [2.24, 2.45) is 0 Å². The second-order valence-corrected chi connectivity index (χ2v) is 17.7. The molecule has 0 saturated carbocycles. The SMILES string of the molecule is CC(C)(C)[Si](Oc1cccc(CCCCNC(=O)c2cnc3n2C(c2ccc(C#N)c(F)c2)CC3)c1)(c1ccccc1)c1ccccc1. The molecule has 0 fully saturated rings. The number of amides is 1. The van der Waals surface area contributed by atoms with Gasteiger partial charge in [0.25, 0.3) is 5.91 Å². The number of aromatic nitrogens is 2. The second kappa shape index (κ2) is 14.0. The van der Waals surface area contributed by atoms with E-state index in [0.29, 0.717) is 18.7 Å². The number of carbonyl (C=O) groups is 1. The van der Waals surface area contributed by atoms with Gasteiger partial charge in [-0.05, 0) is 76.5 Å². The van der Waals surface area contributed by atoms with Crippen molar-refractivity contribution in [3.05, 3.63) is 143 Å². The van der Waals surface area contributed by atoms with Gasteiger partial charge in [-0.3, -0.25) is 4.79 Å². The Balaban J connectivity index is 1.09. The zero-order valence-electron chi connectivity index (χ0n) is 27.7. The number of imidazole rings is 1. The van der Waals surface area contributed by atoms with Crippen LogP contribution < -0.4 is 20.1 Å². The Kier molecular flexibility index (Phi) is 9.60. The third-order valence-corrected chi connectivity index (χ3v) is 14.3. The van der Waals surface area contributed by atoms with Crippen molar-refractivity contribution < 1.29 is 13.6 Å². The molecule has 1 aromatic heterocycles. The molecule has 1 amide bonds. The van der Waals surface area contributed by atoms with Crippen LogP contribution in [0.2, 0.25) is 5.04 Å². The van der Waals surface area contributed by atoms with Crippen LogP contribution >= 0.6 is 0 Å². The van der Waals surface area contributed by atoms with Gasteiger partial charge in [-0.2, -0.15) is 5.26 Å². The van der Waals surface area contributed by atoms with Gasteiger partial charge in [0.05, 0.1) is 17.8 Å². The van der Waals surface area contributed by atoms with Crippen molar-refractivity contribution in [2.75, 3.05) is 6.54 Å². The van der Waals surface area contributed by atoms with E-state index < -0.39 is 14.1 Å².